The van der Waals surface area contributed by atoms with Crippen molar-refractivity contribution < 1.29 is 32.6 Å². The van der Waals surface area contributed by atoms with Gasteiger partial charge in [-0.05, 0) is 23.3 Å². The van der Waals surface area contributed by atoms with E-state index < -0.39 is 47.7 Å². The topological polar surface area (TPSA) is 72.9 Å². The minimum Gasteiger partial charge on any atom is -0.467 e. The Morgan fingerprint density at radius 3 is 2.32 bits per heavy atom. The van der Waals surface area contributed by atoms with Gasteiger partial charge in [0.25, 0.3) is 5.91 Å². The van der Waals surface area contributed by atoms with Crippen LogP contribution in [0.2, 0.25) is 0 Å². The molecule has 0 spiro atoms. The first-order chi connectivity index (χ1) is 13.4. The number of halogens is 2. The quantitative estimate of drug-likeness (QED) is 0.750. The summed E-state index contributed by atoms with van der Waals surface area (Å²) in [5, 5.41) is 0. The molecule has 1 aliphatic rings. The monoisotopic (exact) mass is 389 g/mol. The first kappa shape index (κ1) is 19.5. The number of benzene rings is 2. The molecule has 8 heteroatoms. The molecule has 146 valence electrons. The Morgan fingerprint density at radius 1 is 1.04 bits per heavy atom. The molecule has 0 N–H and O–H groups in total. The lowest BCUT2D eigenvalue weighted by Crippen LogP contribution is -2.50. The number of hydrogen-bond donors (Lipinski definition) is 0. The number of fused-ring (bicyclic) bond motifs is 1. The zero-order valence-electron chi connectivity index (χ0n) is 15.0. The lowest BCUT2D eigenvalue weighted by atomic mass is 9.94. The highest BCUT2D eigenvalue weighted by atomic mass is 19.1. The first-order valence-electron chi connectivity index (χ1n) is 8.47. The van der Waals surface area contributed by atoms with Crippen LogP contribution in [0.15, 0.2) is 42.5 Å². The Morgan fingerprint density at radius 2 is 1.68 bits per heavy atom. The summed E-state index contributed by atoms with van der Waals surface area (Å²) in [6, 6.07) is 9.37. The van der Waals surface area contributed by atoms with Crippen molar-refractivity contribution in [2.45, 2.75) is 19.0 Å². The molecule has 1 atom stereocenters. The van der Waals surface area contributed by atoms with Gasteiger partial charge in [0.2, 0.25) is 0 Å². The van der Waals surface area contributed by atoms with Gasteiger partial charge in [-0.3, -0.25) is 4.79 Å². The maximum Gasteiger partial charge on any atom is 0.344 e. The lowest BCUT2D eigenvalue weighted by molar-refractivity contribution is -0.155. The number of hydrogen-bond acceptors (Lipinski definition) is 5. The van der Waals surface area contributed by atoms with Gasteiger partial charge in [-0.15, -0.1) is 0 Å². The molecular formula is C20H17F2NO5. The van der Waals surface area contributed by atoms with E-state index in [1.165, 1.54) is 12.0 Å². The first-order valence-corrected chi connectivity index (χ1v) is 8.47. The summed E-state index contributed by atoms with van der Waals surface area (Å²) >= 11 is 0. The highest BCUT2D eigenvalue weighted by Crippen LogP contribution is 2.24. The zero-order valence-corrected chi connectivity index (χ0v) is 15.0. The Bertz CT molecular complexity index is 910. The molecule has 0 saturated heterocycles. The smallest absolute Gasteiger partial charge is 0.344 e. The van der Waals surface area contributed by atoms with E-state index in [9.17, 15) is 23.2 Å². The maximum absolute atomic E-state index is 13.7. The SMILES string of the molecule is COC(=O)[C@@H]1Cc2ccccc2CN1C(=O)COC(=O)c1c(F)cccc1F. The van der Waals surface area contributed by atoms with Crippen molar-refractivity contribution in [2.24, 2.45) is 0 Å². The molecule has 28 heavy (non-hydrogen) atoms. The largest absolute Gasteiger partial charge is 0.467 e. The average molecular weight is 389 g/mol. The third-order valence-electron chi connectivity index (χ3n) is 4.54. The van der Waals surface area contributed by atoms with Crippen LogP contribution in [-0.2, 0) is 32.0 Å². The van der Waals surface area contributed by atoms with Gasteiger partial charge in [0.05, 0.1) is 7.11 Å². The van der Waals surface area contributed by atoms with E-state index in [4.69, 9.17) is 9.47 Å². The van der Waals surface area contributed by atoms with Gasteiger partial charge in [-0.2, -0.15) is 0 Å². The van der Waals surface area contributed by atoms with Crippen molar-refractivity contribution in [3.05, 3.63) is 70.8 Å². The Labute approximate surface area is 159 Å². The van der Waals surface area contributed by atoms with Gasteiger partial charge in [0.1, 0.15) is 23.2 Å². The fourth-order valence-corrected chi connectivity index (χ4v) is 3.11. The van der Waals surface area contributed by atoms with Crippen LogP contribution < -0.4 is 0 Å². The molecular weight excluding hydrogens is 372 g/mol. The summed E-state index contributed by atoms with van der Waals surface area (Å²) in [6.07, 6.45) is 0.254. The molecule has 3 rings (SSSR count). The molecule has 0 aromatic heterocycles. The molecule has 0 saturated carbocycles. The second-order valence-corrected chi connectivity index (χ2v) is 6.21. The molecule has 0 aliphatic carbocycles. The number of carbonyl (C=O) groups is 3. The van der Waals surface area contributed by atoms with Crippen molar-refractivity contribution in [3.8, 4) is 0 Å². The van der Waals surface area contributed by atoms with Gasteiger partial charge < -0.3 is 14.4 Å². The standard InChI is InChI=1S/C20H17F2NO5/c1-27-19(25)16-9-12-5-2-3-6-13(12)10-23(16)17(24)11-28-20(26)18-14(21)7-4-8-15(18)22/h2-8,16H,9-11H2,1H3/t16-/m0/s1. The third-order valence-corrected chi connectivity index (χ3v) is 4.54. The Balaban J connectivity index is 1.75. The number of rotatable bonds is 4. The van der Waals surface area contributed by atoms with Crippen molar-refractivity contribution >= 4 is 17.8 Å². The van der Waals surface area contributed by atoms with E-state index in [1.807, 2.05) is 18.2 Å². The van der Waals surface area contributed by atoms with Crippen molar-refractivity contribution in [3.63, 3.8) is 0 Å². The Kier molecular flexibility index (Phi) is 5.67. The van der Waals surface area contributed by atoms with Crippen LogP contribution in [-0.4, -0.2) is 42.5 Å². The molecule has 2 aromatic rings. The van der Waals surface area contributed by atoms with Gasteiger partial charge in [0.15, 0.2) is 6.61 Å². The molecule has 0 fully saturated rings. The Hall–Kier alpha value is -3.29. The van der Waals surface area contributed by atoms with E-state index in [2.05, 4.69) is 0 Å². The van der Waals surface area contributed by atoms with E-state index in [0.717, 1.165) is 29.3 Å². The van der Waals surface area contributed by atoms with Gasteiger partial charge in [-0.1, -0.05) is 30.3 Å². The number of esters is 2. The molecule has 0 radical (unpaired) electrons. The number of amides is 1. The second-order valence-electron chi connectivity index (χ2n) is 6.21. The van der Waals surface area contributed by atoms with Crippen LogP contribution in [0.4, 0.5) is 8.78 Å². The molecule has 0 unspecified atom stereocenters. The normalized spacial score (nSPS) is 15.5. The van der Waals surface area contributed by atoms with Gasteiger partial charge >= 0.3 is 11.9 Å². The van der Waals surface area contributed by atoms with Crippen LogP contribution in [0.5, 0.6) is 0 Å². The average Bonchev–Trinajstić information content (AvgIpc) is 2.70. The minimum atomic E-state index is -1.30. The predicted octanol–water partition coefficient (Wildman–Crippen LogP) is 2.25. The van der Waals surface area contributed by atoms with Crippen LogP contribution in [0, 0.1) is 11.6 Å². The molecule has 1 heterocycles. The number of methoxy groups -OCH3 is 1. The van der Waals surface area contributed by atoms with Crippen LogP contribution >= 0.6 is 0 Å². The number of nitrogens with zero attached hydrogens (tertiary/aromatic N) is 1. The zero-order chi connectivity index (χ0) is 20.3. The van der Waals surface area contributed by atoms with E-state index >= 15 is 0 Å². The third kappa shape index (κ3) is 3.85. The molecule has 0 bridgehead atoms. The van der Waals surface area contributed by atoms with Gasteiger partial charge in [-0.25, -0.2) is 18.4 Å². The number of carbonyl (C=O) groups excluding carboxylic acids is 3. The highest BCUT2D eigenvalue weighted by Gasteiger charge is 2.35. The molecule has 1 aliphatic heterocycles. The fourth-order valence-electron chi connectivity index (χ4n) is 3.11. The summed E-state index contributed by atoms with van der Waals surface area (Å²) in [5.41, 5.74) is 0.888. The lowest BCUT2D eigenvalue weighted by Gasteiger charge is -2.35. The molecule has 6 nitrogen and oxygen atoms in total. The second kappa shape index (κ2) is 8.16. The van der Waals surface area contributed by atoms with Crippen LogP contribution in [0.3, 0.4) is 0 Å². The summed E-state index contributed by atoms with van der Waals surface area (Å²) in [4.78, 5) is 37.9. The summed E-state index contributed by atoms with van der Waals surface area (Å²) < 4.78 is 36.9. The molecule has 1 amide bonds. The van der Waals surface area contributed by atoms with E-state index in [-0.39, 0.29) is 13.0 Å². The van der Waals surface area contributed by atoms with E-state index in [1.54, 1.807) is 6.07 Å². The van der Waals surface area contributed by atoms with Crippen molar-refractivity contribution in [1.29, 1.82) is 0 Å². The summed E-state index contributed by atoms with van der Waals surface area (Å²) in [7, 11) is 1.21. The van der Waals surface area contributed by atoms with E-state index in [0.29, 0.717) is 0 Å². The fraction of sp³-hybridized carbons (Fsp3) is 0.250. The summed E-state index contributed by atoms with van der Waals surface area (Å²) in [5.74, 6) is -4.74. The van der Waals surface area contributed by atoms with Crippen LogP contribution in [0.25, 0.3) is 0 Å². The van der Waals surface area contributed by atoms with Crippen LogP contribution in [0.1, 0.15) is 21.5 Å². The maximum atomic E-state index is 13.7. The van der Waals surface area contributed by atoms with Gasteiger partial charge in [0, 0.05) is 13.0 Å². The number of ether oxygens (including phenoxy) is 2. The summed E-state index contributed by atoms with van der Waals surface area (Å²) in [6.45, 7) is -0.636. The predicted molar refractivity (Wildman–Crippen MR) is 93.1 cm³/mol. The van der Waals surface area contributed by atoms with Crippen molar-refractivity contribution in [2.75, 3.05) is 13.7 Å². The highest BCUT2D eigenvalue weighted by molar-refractivity contribution is 5.92. The van der Waals surface area contributed by atoms with Crippen molar-refractivity contribution in [1.82, 2.24) is 4.90 Å². The molecule has 2 aromatic carbocycles. The minimum absolute atomic E-state index is 0.125.